The molecule has 0 bridgehead atoms. The fraction of sp³-hybridized carbons (Fsp3) is 0.538. The normalized spacial score (nSPS) is 15.3. The van der Waals surface area contributed by atoms with Crippen molar-refractivity contribution in [3.8, 4) is 5.75 Å². The van der Waals surface area contributed by atoms with E-state index in [9.17, 15) is 4.55 Å². The van der Waals surface area contributed by atoms with Gasteiger partial charge in [-0.05, 0) is 39.8 Å². The Labute approximate surface area is 121 Å². The maximum absolute atomic E-state index is 12.1. The number of hydrogen-bond acceptors (Lipinski definition) is 3. The van der Waals surface area contributed by atoms with E-state index in [2.05, 4.69) is 20.7 Å². The smallest absolute Gasteiger partial charge is 0.136 e. The Balaban J connectivity index is 2.87. The summed E-state index contributed by atoms with van der Waals surface area (Å²) in [5.41, 5.74) is 0.998. The summed E-state index contributed by atoms with van der Waals surface area (Å²) in [5.74, 6) is 0.787. The lowest BCUT2D eigenvalue weighted by molar-refractivity contribution is 0.404. The lowest BCUT2D eigenvalue weighted by Crippen LogP contribution is -2.40. The molecule has 1 unspecified atom stereocenters. The van der Waals surface area contributed by atoms with Crippen LogP contribution < -0.4 is 9.46 Å². The van der Waals surface area contributed by atoms with E-state index in [-0.39, 0.29) is 10.8 Å². The standard InChI is InChI=1S/C13H20BrNO2S/c1-9(15-18(16)13(2,3)4)11-7-6-10(14)8-12(11)17-5/h6-9,15H,1-5H3/t9-,18?/m1/s1. The van der Waals surface area contributed by atoms with Crippen molar-refractivity contribution in [2.24, 2.45) is 0 Å². The van der Waals surface area contributed by atoms with Gasteiger partial charge in [-0.2, -0.15) is 0 Å². The Morgan fingerprint density at radius 2 is 2.00 bits per heavy atom. The summed E-state index contributed by atoms with van der Waals surface area (Å²) in [6.45, 7) is 7.82. The van der Waals surface area contributed by atoms with Gasteiger partial charge in [-0.3, -0.25) is 0 Å². The topological polar surface area (TPSA) is 44.3 Å². The first-order valence-corrected chi connectivity index (χ1v) is 7.71. The van der Waals surface area contributed by atoms with Gasteiger partial charge >= 0.3 is 0 Å². The number of benzene rings is 1. The zero-order chi connectivity index (χ0) is 13.9. The lowest BCUT2D eigenvalue weighted by atomic mass is 10.1. The van der Waals surface area contributed by atoms with Crippen molar-refractivity contribution in [2.45, 2.75) is 38.5 Å². The van der Waals surface area contributed by atoms with Crippen LogP contribution in [0.1, 0.15) is 39.3 Å². The molecule has 0 aliphatic heterocycles. The molecule has 0 amide bonds. The molecule has 1 rings (SSSR count). The average molecular weight is 334 g/mol. The Morgan fingerprint density at radius 1 is 1.39 bits per heavy atom. The van der Waals surface area contributed by atoms with E-state index in [0.717, 1.165) is 15.8 Å². The third-order valence-corrected chi connectivity index (χ3v) is 4.68. The summed E-state index contributed by atoms with van der Waals surface area (Å²) in [4.78, 5) is 0. The third kappa shape index (κ3) is 4.16. The second-order valence-corrected chi connectivity index (χ2v) is 8.02. The second-order valence-electron chi connectivity index (χ2n) is 5.11. The number of hydrogen-bond donors (Lipinski definition) is 1. The molecule has 0 aliphatic rings. The lowest BCUT2D eigenvalue weighted by Gasteiger charge is -2.27. The van der Waals surface area contributed by atoms with Crippen LogP contribution in [0.15, 0.2) is 22.7 Å². The predicted octanol–water partition coefficient (Wildman–Crippen LogP) is 3.57. The van der Waals surface area contributed by atoms with Gasteiger partial charge in [0.05, 0.1) is 13.2 Å². The Kier molecular flexibility index (Phi) is 5.52. The zero-order valence-corrected chi connectivity index (χ0v) is 13.8. The number of halogens is 1. The quantitative estimate of drug-likeness (QED) is 0.856. The molecule has 1 N–H and O–H groups in total. The molecule has 0 aliphatic carbocycles. The highest BCUT2D eigenvalue weighted by Crippen LogP contribution is 2.29. The van der Waals surface area contributed by atoms with Crippen LogP contribution >= 0.6 is 15.9 Å². The van der Waals surface area contributed by atoms with Crippen LogP contribution in [-0.4, -0.2) is 16.4 Å². The van der Waals surface area contributed by atoms with Crippen molar-refractivity contribution in [2.75, 3.05) is 7.11 Å². The Bertz CT molecular complexity index is 406. The van der Waals surface area contributed by atoms with Gasteiger partial charge in [0.2, 0.25) is 0 Å². The first-order chi connectivity index (χ1) is 8.25. The first-order valence-electron chi connectivity index (χ1n) is 5.77. The molecule has 3 nitrogen and oxygen atoms in total. The van der Waals surface area contributed by atoms with Crippen molar-refractivity contribution >= 4 is 27.3 Å². The van der Waals surface area contributed by atoms with Crippen molar-refractivity contribution in [1.29, 1.82) is 0 Å². The number of ether oxygens (including phenoxy) is 1. The van der Waals surface area contributed by atoms with Crippen LogP contribution in [0.3, 0.4) is 0 Å². The molecule has 2 atom stereocenters. The summed E-state index contributed by atoms with van der Waals surface area (Å²) in [6, 6.07) is 5.80. The second kappa shape index (κ2) is 6.28. The molecule has 5 heteroatoms. The van der Waals surface area contributed by atoms with Crippen molar-refractivity contribution < 1.29 is 9.29 Å². The largest absolute Gasteiger partial charge is 0.598 e. The Hall–Kier alpha value is -0.230. The number of methoxy groups -OCH3 is 1. The molecular weight excluding hydrogens is 314 g/mol. The van der Waals surface area contributed by atoms with Gasteiger partial charge < -0.3 is 9.29 Å². The summed E-state index contributed by atoms with van der Waals surface area (Å²) < 4.78 is 21.2. The monoisotopic (exact) mass is 333 g/mol. The minimum atomic E-state index is -1.10. The molecule has 1 aromatic carbocycles. The molecule has 102 valence electrons. The number of nitrogens with one attached hydrogen (secondary N) is 1. The molecule has 0 saturated heterocycles. The van der Waals surface area contributed by atoms with Crippen LogP contribution in [-0.2, 0) is 11.4 Å². The summed E-state index contributed by atoms with van der Waals surface area (Å²) in [7, 11) is 1.64. The maximum atomic E-state index is 12.1. The summed E-state index contributed by atoms with van der Waals surface area (Å²) >= 11 is 2.31. The summed E-state index contributed by atoms with van der Waals surface area (Å²) in [6.07, 6.45) is 0. The van der Waals surface area contributed by atoms with Crippen molar-refractivity contribution in [1.82, 2.24) is 4.72 Å². The molecule has 0 fully saturated rings. The van der Waals surface area contributed by atoms with E-state index in [0.29, 0.717) is 0 Å². The minimum Gasteiger partial charge on any atom is -0.598 e. The molecule has 0 spiro atoms. The van der Waals surface area contributed by atoms with Gasteiger partial charge in [-0.15, -0.1) is 4.72 Å². The predicted molar refractivity (Wildman–Crippen MR) is 80.1 cm³/mol. The van der Waals surface area contributed by atoms with E-state index in [1.54, 1.807) is 7.11 Å². The van der Waals surface area contributed by atoms with Gasteiger partial charge in [0, 0.05) is 21.4 Å². The van der Waals surface area contributed by atoms with E-state index in [1.807, 2.05) is 45.9 Å². The molecule has 0 saturated carbocycles. The van der Waals surface area contributed by atoms with E-state index in [4.69, 9.17) is 4.74 Å². The average Bonchev–Trinajstić information content (AvgIpc) is 2.27. The molecule has 18 heavy (non-hydrogen) atoms. The minimum absolute atomic E-state index is 0.0342. The highest BCUT2D eigenvalue weighted by atomic mass is 79.9. The molecular formula is C13H20BrNO2S. The summed E-state index contributed by atoms with van der Waals surface area (Å²) in [5, 5.41) is 0. The number of rotatable bonds is 4. The molecule has 0 heterocycles. The van der Waals surface area contributed by atoms with Gasteiger partial charge in [-0.25, -0.2) is 0 Å². The maximum Gasteiger partial charge on any atom is 0.136 e. The SMILES string of the molecule is COc1cc(Br)ccc1[C@@H](C)N[S+]([O-])C(C)(C)C. The van der Waals surface area contributed by atoms with E-state index in [1.165, 1.54) is 0 Å². The van der Waals surface area contributed by atoms with E-state index < -0.39 is 11.4 Å². The zero-order valence-electron chi connectivity index (χ0n) is 11.4. The van der Waals surface area contributed by atoms with Crippen LogP contribution in [0, 0.1) is 0 Å². The first kappa shape index (κ1) is 15.8. The molecule has 0 aromatic heterocycles. The van der Waals surface area contributed by atoms with Crippen LogP contribution in [0.2, 0.25) is 0 Å². The van der Waals surface area contributed by atoms with Gasteiger partial charge in [0.1, 0.15) is 10.5 Å². The van der Waals surface area contributed by atoms with Crippen molar-refractivity contribution in [3.05, 3.63) is 28.2 Å². The van der Waals surface area contributed by atoms with Crippen LogP contribution in [0.25, 0.3) is 0 Å². The Morgan fingerprint density at radius 3 is 2.50 bits per heavy atom. The fourth-order valence-corrected chi connectivity index (χ4v) is 2.59. The van der Waals surface area contributed by atoms with Gasteiger partial charge in [0.25, 0.3) is 0 Å². The molecule has 1 aromatic rings. The van der Waals surface area contributed by atoms with E-state index >= 15 is 0 Å². The fourth-order valence-electron chi connectivity index (χ4n) is 1.44. The highest BCUT2D eigenvalue weighted by molar-refractivity contribution is 9.10. The van der Waals surface area contributed by atoms with Crippen LogP contribution in [0.4, 0.5) is 0 Å². The van der Waals surface area contributed by atoms with Gasteiger partial charge in [0.15, 0.2) is 0 Å². The third-order valence-electron chi connectivity index (χ3n) is 2.50. The molecule has 0 radical (unpaired) electrons. The van der Waals surface area contributed by atoms with Crippen molar-refractivity contribution in [3.63, 3.8) is 0 Å². The van der Waals surface area contributed by atoms with Gasteiger partial charge in [-0.1, -0.05) is 22.0 Å². The highest BCUT2D eigenvalue weighted by Gasteiger charge is 2.29. The van der Waals surface area contributed by atoms with Crippen LogP contribution in [0.5, 0.6) is 5.75 Å².